The first-order chi connectivity index (χ1) is 8.41. The summed E-state index contributed by atoms with van der Waals surface area (Å²) < 4.78 is 0. The Bertz CT molecular complexity index is 307. The number of carboxylic acid groups (broad SMARTS) is 1. The van der Waals surface area contributed by atoms with Crippen molar-refractivity contribution in [3.63, 3.8) is 0 Å². The highest BCUT2D eigenvalue weighted by Crippen LogP contribution is 2.17. The fourth-order valence-corrected chi connectivity index (χ4v) is 2.32. The zero-order chi connectivity index (χ0) is 13.7. The lowest BCUT2D eigenvalue weighted by molar-refractivity contribution is -0.143. The van der Waals surface area contributed by atoms with Gasteiger partial charge in [-0.25, -0.2) is 9.59 Å². The number of carboxylic acids is 1. The molecule has 0 aromatic rings. The Balaban J connectivity index is 2.55. The number of aliphatic carboxylic acids is 1. The zero-order valence-electron chi connectivity index (χ0n) is 11.3. The monoisotopic (exact) mass is 257 g/mol. The second-order valence-corrected chi connectivity index (χ2v) is 5.16. The van der Waals surface area contributed by atoms with Gasteiger partial charge < -0.3 is 20.2 Å². The lowest BCUT2D eigenvalue weighted by atomic mass is 10.0. The van der Waals surface area contributed by atoms with Crippen molar-refractivity contribution < 1.29 is 14.7 Å². The Kier molecular flexibility index (Phi) is 5.40. The molecule has 1 fully saturated rings. The molecular weight excluding hydrogens is 234 g/mol. The third-order valence-electron chi connectivity index (χ3n) is 3.06. The van der Waals surface area contributed by atoms with E-state index in [-0.39, 0.29) is 12.1 Å². The minimum Gasteiger partial charge on any atom is -0.480 e. The molecule has 2 amide bonds. The predicted molar refractivity (Wildman–Crippen MR) is 68.5 cm³/mol. The summed E-state index contributed by atoms with van der Waals surface area (Å²) in [6, 6.07) is -0.939. The minimum absolute atomic E-state index is 0.00358. The van der Waals surface area contributed by atoms with Crippen LogP contribution in [0.1, 0.15) is 26.2 Å². The number of carbonyl (C=O) groups excluding carboxylic acids is 1. The zero-order valence-corrected chi connectivity index (χ0v) is 11.3. The van der Waals surface area contributed by atoms with Crippen LogP contribution in [0, 0.1) is 0 Å². The van der Waals surface area contributed by atoms with Crippen LogP contribution in [0.3, 0.4) is 0 Å². The molecule has 1 aliphatic rings. The number of likely N-dealkylation sites (N-methyl/N-ethyl adjacent to an activating group) is 1. The van der Waals surface area contributed by atoms with E-state index in [9.17, 15) is 9.59 Å². The van der Waals surface area contributed by atoms with Crippen LogP contribution in [0.25, 0.3) is 0 Å². The van der Waals surface area contributed by atoms with Crippen molar-refractivity contribution in [1.82, 2.24) is 15.1 Å². The number of urea groups is 1. The largest absolute Gasteiger partial charge is 0.480 e. The molecule has 0 bridgehead atoms. The summed E-state index contributed by atoms with van der Waals surface area (Å²) in [6.07, 6.45) is 2.29. The number of carbonyl (C=O) groups is 2. The Labute approximate surface area is 108 Å². The summed E-state index contributed by atoms with van der Waals surface area (Å²) in [7, 11) is 3.87. The SMILES string of the molecule is CC(CN(C)C)NC(=O)N1CCCCC1C(=O)O. The molecule has 18 heavy (non-hydrogen) atoms. The lowest BCUT2D eigenvalue weighted by Gasteiger charge is -2.34. The van der Waals surface area contributed by atoms with Gasteiger partial charge >= 0.3 is 12.0 Å². The van der Waals surface area contributed by atoms with Gasteiger partial charge in [-0.15, -0.1) is 0 Å². The van der Waals surface area contributed by atoms with E-state index < -0.39 is 12.0 Å². The van der Waals surface area contributed by atoms with E-state index >= 15 is 0 Å². The summed E-state index contributed by atoms with van der Waals surface area (Å²) in [5.74, 6) is -0.912. The molecule has 0 aliphatic carbocycles. The van der Waals surface area contributed by atoms with E-state index in [1.54, 1.807) is 0 Å². The van der Waals surface area contributed by atoms with Crippen LogP contribution in [0.2, 0.25) is 0 Å². The van der Waals surface area contributed by atoms with Crippen molar-refractivity contribution in [2.75, 3.05) is 27.2 Å². The number of rotatable bonds is 4. The number of nitrogens with zero attached hydrogens (tertiary/aromatic N) is 2. The van der Waals surface area contributed by atoms with Crippen LogP contribution in [-0.2, 0) is 4.79 Å². The molecule has 6 nitrogen and oxygen atoms in total. The highest BCUT2D eigenvalue weighted by molar-refractivity contribution is 5.83. The maximum atomic E-state index is 12.0. The van der Waals surface area contributed by atoms with Gasteiger partial charge in [0, 0.05) is 19.1 Å². The van der Waals surface area contributed by atoms with Crippen molar-refractivity contribution in [3.8, 4) is 0 Å². The third kappa shape index (κ3) is 4.18. The molecular formula is C12H23N3O3. The average molecular weight is 257 g/mol. The molecule has 1 aliphatic heterocycles. The molecule has 0 spiro atoms. The molecule has 6 heteroatoms. The van der Waals surface area contributed by atoms with Crippen LogP contribution in [0.4, 0.5) is 4.79 Å². The van der Waals surface area contributed by atoms with Crippen molar-refractivity contribution in [2.45, 2.75) is 38.3 Å². The quantitative estimate of drug-likeness (QED) is 0.773. The van der Waals surface area contributed by atoms with Crippen molar-refractivity contribution >= 4 is 12.0 Å². The van der Waals surface area contributed by atoms with Gasteiger partial charge in [0.25, 0.3) is 0 Å². The number of hydrogen-bond acceptors (Lipinski definition) is 3. The van der Waals surface area contributed by atoms with Gasteiger partial charge in [-0.1, -0.05) is 0 Å². The second-order valence-electron chi connectivity index (χ2n) is 5.16. The van der Waals surface area contributed by atoms with Crippen LogP contribution < -0.4 is 5.32 Å². The predicted octanol–water partition coefficient (Wildman–Crippen LogP) is 0.585. The fourth-order valence-electron chi connectivity index (χ4n) is 2.32. The Morgan fingerprint density at radius 3 is 2.67 bits per heavy atom. The van der Waals surface area contributed by atoms with E-state index in [0.29, 0.717) is 13.0 Å². The Morgan fingerprint density at radius 2 is 2.11 bits per heavy atom. The molecule has 2 N–H and O–H groups in total. The van der Waals surface area contributed by atoms with Gasteiger partial charge in [0.2, 0.25) is 0 Å². The van der Waals surface area contributed by atoms with Crippen LogP contribution in [0.5, 0.6) is 0 Å². The highest BCUT2D eigenvalue weighted by Gasteiger charge is 2.32. The molecule has 0 aromatic heterocycles. The van der Waals surface area contributed by atoms with E-state index in [2.05, 4.69) is 5.32 Å². The van der Waals surface area contributed by atoms with E-state index in [4.69, 9.17) is 5.11 Å². The summed E-state index contributed by atoms with van der Waals surface area (Å²) in [5.41, 5.74) is 0. The number of piperidine rings is 1. The molecule has 0 saturated carbocycles. The summed E-state index contributed by atoms with van der Waals surface area (Å²) in [5, 5.41) is 12.0. The molecule has 0 radical (unpaired) electrons. The number of amides is 2. The van der Waals surface area contributed by atoms with Crippen molar-refractivity contribution in [1.29, 1.82) is 0 Å². The maximum absolute atomic E-state index is 12.0. The first kappa shape index (κ1) is 14.8. The van der Waals surface area contributed by atoms with E-state index in [0.717, 1.165) is 19.4 Å². The van der Waals surface area contributed by atoms with Crippen molar-refractivity contribution in [2.24, 2.45) is 0 Å². The third-order valence-corrected chi connectivity index (χ3v) is 3.06. The van der Waals surface area contributed by atoms with Crippen LogP contribution in [-0.4, -0.2) is 66.2 Å². The maximum Gasteiger partial charge on any atom is 0.326 e. The summed E-state index contributed by atoms with van der Waals surface area (Å²) >= 11 is 0. The summed E-state index contributed by atoms with van der Waals surface area (Å²) in [4.78, 5) is 26.6. The molecule has 1 rings (SSSR count). The van der Waals surface area contributed by atoms with E-state index in [1.165, 1.54) is 4.90 Å². The molecule has 1 saturated heterocycles. The van der Waals surface area contributed by atoms with Gasteiger partial charge in [0.15, 0.2) is 0 Å². The first-order valence-corrected chi connectivity index (χ1v) is 6.36. The molecule has 1 heterocycles. The Morgan fingerprint density at radius 1 is 1.44 bits per heavy atom. The second kappa shape index (κ2) is 6.58. The first-order valence-electron chi connectivity index (χ1n) is 6.36. The smallest absolute Gasteiger partial charge is 0.326 e. The van der Waals surface area contributed by atoms with Gasteiger partial charge in [0.1, 0.15) is 6.04 Å². The van der Waals surface area contributed by atoms with Crippen molar-refractivity contribution in [3.05, 3.63) is 0 Å². The van der Waals surface area contributed by atoms with Gasteiger partial charge in [-0.2, -0.15) is 0 Å². The Hall–Kier alpha value is -1.30. The minimum atomic E-state index is -0.912. The fraction of sp³-hybridized carbons (Fsp3) is 0.833. The van der Waals surface area contributed by atoms with Gasteiger partial charge in [0.05, 0.1) is 0 Å². The van der Waals surface area contributed by atoms with E-state index in [1.807, 2.05) is 25.9 Å². The molecule has 2 unspecified atom stereocenters. The normalized spacial score (nSPS) is 21.8. The molecule has 0 aromatic carbocycles. The highest BCUT2D eigenvalue weighted by atomic mass is 16.4. The number of hydrogen-bond donors (Lipinski definition) is 2. The number of likely N-dealkylation sites (tertiary alicyclic amines) is 1. The van der Waals surface area contributed by atoms with Crippen LogP contribution >= 0.6 is 0 Å². The topological polar surface area (TPSA) is 72.9 Å². The number of nitrogens with one attached hydrogen (secondary N) is 1. The lowest BCUT2D eigenvalue weighted by Crippen LogP contribution is -2.54. The van der Waals surface area contributed by atoms with Crippen LogP contribution in [0.15, 0.2) is 0 Å². The van der Waals surface area contributed by atoms with Gasteiger partial charge in [-0.05, 0) is 40.3 Å². The molecule has 2 atom stereocenters. The average Bonchev–Trinajstić information content (AvgIpc) is 2.27. The standard InChI is InChI=1S/C12H23N3O3/c1-9(8-14(2)3)13-12(18)15-7-5-4-6-10(15)11(16)17/h9-10H,4-8H2,1-3H3,(H,13,18)(H,16,17). The van der Waals surface area contributed by atoms with Gasteiger partial charge in [-0.3, -0.25) is 0 Å². The summed E-state index contributed by atoms with van der Waals surface area (Å²) in [6.45, 7) is 3.17. The molecule has 104 valence electrons.